The first-order valence-electron chi connectivity index (χ1n) is 4.72. The minimum Gasteiger partial charge on any atom is -0.466 e. The van der Waals surface area contributed by atoms with Crippen LogP contribution >= 0.6 is 0 Å². The fraction of sp³-hybridized carbons (Fsp3) is 0.250. The molecule has 3 heteroatoms. The Labute approximate surface area is 89.8 Å². The highest BCUT2D eigenvalue weighted by molar-refractivity contribution is 5.82. The molecular formula is C12H15NO2. The van der Waals surface area contributed by atoms with Crippen LogP contribution in [0.3, 0.4) is 0 Å². The monoisotopic (exact) mass is 205 g/mol. The van der Waals surface area contributed by atoms with Gasteiger partial charge in [0.2, 0.25) is 0 Å². The standard InChI is InChI=1S/C12H15NO2/c1-9-4-5-11(10(2)8-9)13-7-6-12(14)15-3/h4-8,13H,1-3H3/b7-6+. The van der Waals surface area contributed by atoms with Gasteiger partial charge in [-0.3, -0.25) is 0 Å². The summed E-state index contributed by atoms with van der Waals surface area (Å²) >= 11 is 0. The van der Waals surface area contributed by atoms with E-state index in [0.717, 1.165) is 11.3 Å². The Kier molecular flexibility index (Phi) is 3.92. The number of hydrogen-bond donors (Lipinski definition) is 1. The van der Waals surface area contributed by atoms with Crippen LogP contribution in [0.25, 0.3) is 0 Å². The highest BCUT2D eigenvalue weighted by Gasteiger charge is 1.95. The van der Waals surface area contributed by atoms with Crippen molar-refractivity contribution in [3.8, 4) is 0 Å². The maximum absolute atomic E-state index is 10.8. The first kappa shape index (κ1) is 11.3. The molecule has 1 aromatic carbocycles. The molecule has 80 valence electrons. The number of anilines is 1. The largest absolute Gasteiger partial charge is 0.466 e. The second-order valence-electron chi connectivity index (χ2n) is 3.32. The lowest BCUT2D eigenvalue weighted by molar-refractivity contribution is -0.134. The van der Waals surface area contributed by atoms with Gasteiger partial charge in [-0.05, 0) is 25.5 Å². The zero-order chi connectivity index (χ0) is 11.3. The first-order chi connectivity index (χ1) is 7.13. The lowest BCUT2D eigenvalue weighted by Crippen LogP contribution is -1.97. The molecular weight excluding hydrogens is 190 g/mol. The molecule has 0 saturated heterocycles. The molecule has 0 atom stereocenters. The predicted octanol–water partition coefficient (Wildman–Crippen LogP) is 2.40. The Bertz CT molecular complexity index is 383. The number of methoxy groups -OCH3 is 1. The lowest BCUT2D eigenvalue weighted by atomic mass is 10.1. The van der Waals surface area contributed by atoms with Crippen molar-refractivity contribution in [1.82, 2.24) is 0 Å². The zero-order valence-corrected chi connectivity index (χ0v) is 9.20. The minimum absolute atomic E-state index is 0.368. The smallest absolute Gasteiger partial charge is 0.331 e. The van der Waals surface area contributed by atoms with Crippen molar-refractivity contribution in [3.05, 3.63) is 41.6 Å². The second kappa shape index (κ2) is 5.20. The number of rotatable bonds is 3. The molecule has 0 aliphatic carbocycles. The third-order valence-corrected chi connectivity index (χ3v) is 2.04. The third kappa shape index (κ3) is 3.46. The fourth-order valence-electron chi connectivity index (χ4n) is 1.24. The molecule has 3 nitrogen and oxygen atoms in total. The van der Waals surface area contributed by atoms with Gasteiger partial charge in [0.15, 0.2) is 0 Å². The molecule has 1 N–H and O–H groups in total. The van der Waals surface area contributed by atoms with Crippen molar-refractivity contribution in [1.29, 1.82) is 0 Å². The van der Waals surface area contributed by atoms with Crippen LogP contribution in [0.4, 0.5) is 5.69 Å². The van der Waals surface area contributed by atoms with E-state index in [1.54, 1.807) is 6.20 Å². The number of carbonyl (C=O) groups excluding carboxylic acids is 1. The van der Waals surface area contributed by atoms with Gasteiger partial charge in [-0.2, -0.15) is 0 Å². The summed E-state index contributed by atoms with van der Waals surface area (Å²) in [6.45, 7) is 4.06. The van der Waals surface area contributed by atoms with E-state index in [-0.39, 0.29) is 5.97 Å². The van der Waals surface area contributed by atoms with Crippen LogP contribution in [0.2, 0.25) is 0 Å². The molecule has 0 fully saturated rings. The molecule has 0 amide bonds. The Morgan fingerprint density at radius 3 is 2.73 bits per heavy atom. The van der Waals surface area contributed by atoms with Crippen molar-refractivity contribution in [2.45, 2.75) is 13.8 Å². The van der Waals surface area contributed by atoms with E-state index < -0.39 is 0 Å². The quantitative estimate of drug-likeness (QED) is 0.608. The molecule has 1 aromatic rings. The van der Waals surface area contributed by atoms with Gasteiger partial charge in [-0.25, -0.2) is 4.79 Å². The Morgan fingerprint density at radius 1 is 1.40 bits per heavy atom. The van der Waals surface area contributed by atoms with E-state index in [2.05, 4.69) is 16.1 Å². The van der Waals surface area contributed by atoms with Crippen LogP contribution < -0.4 is 5.32 Å². The summed E-state index contributed by atoms with van der Waals surface area (Å²) in [6.07, 6.45) is 2.92. The van der Waals surface area contributed by atoms with Crippen molar-refractivity contribution in [2.24, 2.45) is 0 Å². The van der Waals surface area contributed by atoms with Gasteiger partial charge in [0.1, 0.15) is 0 Å². The van der Waals surface area contributed by atoms with Gasteiger partial charge in [0.25, 0.3) is 0 Å². The molecule has 0 spiro atoms. The molecule has 0 unspecified atom stereocenters. The van der Waals surface area contributed by atoms with Crippen LogP contribution in [0.15, 0.2) is 30.5 Å². The lowest BCUT2D eigenvalue weighted by Gasteiger charge is -2.05. The molecule has 0 saturated carbocycles. The van der Waals surface area contributed by atoms with Crippen LogP contribution in [0, 0.1) is 13.8 Å². The van der Waals surface area contributed by atoms with E-state index in [1.165, 1.54) is 18.7 Å². The average Bonchev–Trinajstić information content (AvgIpc) is 2.21. The first-order valence-corrected chi connectivity index (χ1v) is 4.72. The van der Waals surface area contributed by atoms with Crippen LogP contribution in [0.1, 0.15) is 11.1 Å². The Balaban J connectivity index is 2.65. The van der Waals surface area contributed by atoms with Gasteiger partial charge < -0.3 is 10.1 Å². The molecule has 0 bridgehead atoms. The van der Waals surface area contributed by atoms with Crippen molar-refractivity contribution < 1.29 is 9.53 Å². The number of esters is 1. The summed E-state index contributed by atoms with van der Waals surface area (Å²) in [6, 6.07) is 6.07. The van der Waals surface area contributed by atoms with Gasteiger partial charge in [-0.1, -0.05) is 17.7 Å². The summed E-state index contributed by atoms with van der Waals surface area (Å²) in [4.78, 5) is 10.8. The van der Waals surface area contributed by atoms with E-state index >= 15 is 0 Å². The summed E-state index contributed by atoms with van der Waals surface area (Å²) in [5.41, 5.74) is 3.35. The molecule has 0 radical (unpaired) electrons. The average molecular weight is 205 g/mol. The Morgan fingerprint density at radius 2 is 2.13 bits per heavy atom. The molecule has 0 aliphatic rings. The van der Waals surface area contributed by atoms with Crippen LogP contribution in [-0.4, -0.2) is 13.1 Å². The minimum atomic E-state index is -0.368. The maximum Gasteiger partial charge on any atom is 0.331 e. The Hall–Kier alpha value is -1.77. The number of aryl methyl sites for hydroxylation is 2. The van der Waals surface area contributed by atoms with E-state index in [9.17, 15) is 4.79 Å². The summed E-state index contributed by atoms with van der Waals surface area (Å²) in [5.74, 6) is -0.368. The van der Waals surface area contributed by atoms with Crippen molar-refractivity contribution >= 4 is 11.7 Å². The molecule has 0 aromatic heterocycles. The van der Waals surface area contributed by atoms with Crippen molar-refractivity contribution in [3.63, 3.8) is 0 Å². The number of benzene rings is 1. The fourth-order valence-corrected chi connectivity index (χ4v) is 1.24. The number of ether oxygens (including phenoxy) is 1. The molecule has 1 rings (SSSR count). The third-order valence-electron chi connectivity index (χ3n) is 2.04. The number of carbonyl (C=O) groups is 1. The zero-order valence-electron chi connectivity index (χ0n) is 9.20. The van der Waals surface area contributed by atoms with Crippen molar-refractivity contribution in [2.75, 3.05) is 12.4 Å². The highest BCUT2D eigenvalue weighted by atomic mass is 16.5. The molecule has 15 heavy (non-hydrogen) atoms. The maximum atomic E-state index is 10.8. The van der Waals surface area contributed by atoms with E-state index in [0.29, 0.717) is 0 Å². The van der Waals surface area contributed by atoms with Gasteiger partial charge >= 0.3 is 5.97 Å². The topological polar surface area (TPSA) is 38.3 Å². The van der Waals surface area contributed by atoms with Gasteiger partial charge in [-0.15, -0.1) is 0 Å². The van der Waals surface area contributed by atoms with E-state index in [1.807, 2.05) is 26.0 Å². The second-order valence-corrected chi connectivity index (χ2v) is 3.32. The van der Waals surface area contributed by atoms with E-state index in [4.69, 9.17) is 0 Å². The summed E-state index contributed by atoms with van der Waals surface area (Å²) in [5, 5.41) is 3.02. The van der Waals surface area contributed by atoms with Crippen LogP contribution in [0.5, 0.6) is 0 Å². The number of hydrogen-bond acceptors (Lipinski definition) is 3. The molecule has 0 aliphatic heterocycles. The van der Waals surface area contributed by atoms with Gasteiger partial charge in [0.05, 0.1) is 7.11 Å². The normalized spacial score (nSPS) is 10.3. The number of nitrogens with one attached hydrogen (secondary N) is 1. The van der Waals surface area contributed by atoms with Crippen LogP contribution in [-0.2, 0) is 9.53 Å². The highest BCUT2D eigenvalue weighted by Crippen LogP contribution is 2.15. The summed E-state index contributed by atoms with van der Waals surface area (Å²) < 4.78 is 4.47. The predicted molar refractivity (Wildman–Crippen MR) is 60.7 cm³/mol. The SMILES string of the molecule is COC(=O)/C=C/Nc1ccc(C)cc1C. The molecule has 0 heterocycles. The van der Waals surface area contributed by atoms with Gasteiger partial charge in [0, 0.05) is 18.0 Å². The summed E-state index contributed by atoms with van der Waals surface area (Å²) in [7, 11) is 1.35.